The molecular weight excluding hydrogens is 1010 g/mol. The third kappa shape index (κ3) is 11.6. The van der Waals surface area contributed by atoms with Crippen LogP contribution in [-0.2, 0) is 38.0 Å². The van der Waals surface area contributed by atoms with Gasteiger partial charge in [-0.2, -0.15) is 0 Å². The number of hydrogen-bond donors (Lipinski definition) is 15. The summed E-state index contributed by atoms with van der Waals surface area (Å²) in [6.07, 6.45) is -34.2. The molecule has 3 aromatic carbocycles. The van der Waals surface area contributed by atoms with E-state index in [0.29, 0.717) is 5.56 Å². The number of phenols is 3. The van der Waals surface area contributed by atoms with Crippen LogP contribution in [0.25, 0.3) is 28.4 Å². The zero-order valence-electron chi connectivity index (χ0n) is 39.2. The molecular formula is C48H56O27. The van der Waals surface area contributed by atoms with Gasteiger partial charge in [-0.25, -0.2) is 4.79 Å². The number of phenolic OH excluding ortho intramolecular Hbond substituents is 3. The average Bonchev–Trinajstić information content (AvgIpc) is 3.39. The molecule has 20 unspecified atom stereocenters. The third-order valence-corrected chi connectivity index (χ3v) is 12.9. The molecule has 0 saturated carbocycles. The van der Waals surface area contributed by atoms with E-state index in [1.165, 1.54) is 61.5 Å². The lowest BCUT2D eigenvalue weighted by molar-refractivity contribution is -0.354. The molecule has 4 saturated heterocycles. The summed E-state index contributed by atoms with van der Waals surface area (Å²) in [4.78, 5) is 28.2. The Morgan fingerprint density at radius 3 is 1.71 bits per heavy atom. The number of aromatic hydroxyl groups is 3. The van der Waals surface area contributed by atoms with Crippen LogP contribution in [0.15, 0.2) is 76.0 Å². The van der Waals surface area contributed by atoms with Gasteiger partial charge >= 0.3 is 5.97 Å². The summed E-state index contributed by atoms with van der Waals surface area (Å²) in [7, 11) is 0. The van der Waals surface area contributed by atoms with Crippen molar-refractivity contribution in [1.29, 1.82) is 0 Å². The Balaban J connectivity index is 1.17. The molecule has 4 aliphatic heterocycles. The lowest BCUT2D eigenvalue weighted by Gasteiger charge is -2.46. The van der Waals surface area contributed by atoms with Crippen molar-refractivity contribution in [1.82, 2.24) is 0 Å². The highest BCUT2D eigenvalue weighted by molar-refractivity contribution is 5.89. The zero-order valence-corrected chi connectivity index (χ0v) is 39.2. The predicted molar refractivity (Wildman–Crippen MR) is 245 cm³/mol. The fraction of sp³-hybridized carbons (Fsp3) is 0.500. The van der Waals surface area contributed by atoms with Crippen LogP contribution < -0.4 is 14.9 Å². The van der Waals surface area contributed by atoms with E-state index in [1.807, 2.05) is 0 Å². The number of aliphatic hydroxyl groups is 12. The molecule has 0 radical (unpaired) electrons. The Kier molecular flexibility index (Phi) is 17.3. The van der Waals surface area contributed by atoms with Crippen molar-refractivity contribution >= 4 is 23.0 Å². The second kappa shape index (κ2) is 23.3. The topological polar surface area (TPSA) is 434 Å². The van der Waals surface area contributed by atoms with Gasteiger partial charge in [0.2, 0.25) is 23.8 Å². The van der Waals surface area contributed by atoms with Crippen LogP contribution in [0.1, 0.15) is 12.5 Å². The van der Waals surface area contributed by atoms with Crippen molar-refractivity contribution < 1.29 is 128 Å². The van der Waals surface area contributed by atoms with Crippen molar-refractivity contribution in [3.63, 3.8) is 0 Å². The van der Waals surface area contributed by atoms with E-state index < -0.39 is 188 Å². The number of rotatable bonds is 15. The molecule has 0 bridgehead atoms. The molecule has 4 aliphatic rings. The highest BCUT2D eigenvalue weighted by Crippen LogP contribution is 2.40. The van der Waals surface area contributed by atoms with Crippen LogP contribution in [-0.4, -0.2) is 225 Å². The van der Waals surface area contributed by atoms with Gasteiger partial charge in [0, 0.05) is 23.8 Å². The summed E-state index contributed by atoms with van der Waals surface area (Å²) in [5, 5.41) is 158. The van der Waals surface area contributed by atoms with E-state index >= 15 is 0 Å². The van der Waals surface area contributed by atoms with Crippen molar-refractivity contribution in [3.05, 3.63) is 82.5 Å². The van der Waals surface area contributed by atoms with Gasteiger partial charge in [0.1, 0.15) is 113 Å². The maximum Gasteiger partial charge on any atom is 0.331 e. The van der Waals surface area contributed by atoms with Crippen molar-refractivity contribution in [2.24, 2.45) is 0 Å². The average molecular weight is 1060 g/mol. The molecule has 5 heterocycles. The van der Waals surface area contributed by atoms with Crippen LogP contribution >= 0.6 is 0 Å². The van der Waals surface area contributed by atoms with E-state index in [1.54, 1.807) is 0 Å². The first kappa shape index (κ1) is 55.6. The monoisotopic (exact) mass is 1060 g/mol. The molecule has 1 aromatic heterocycles. The van der Waals surface area contributed by atoms with E-state index in [9.17, 15) is 86.2 Å². The maximum atomic E-state index is 14.7. The molecule has 20 atom stereocenters. The van der Waals surface area contributed by atoms with Gasteiger partial charge in [-0.3, -0.25) is 4.79 Å². The first-order valence-electron chi connectivity index (χ1n) is 23.3. The molecule has 15 N–H and O–H groups in total. The molecule has 0 aliphatic carbocycles. The highest BCUT2D eigenvalue weighted by atomic mass is 16.8. The molecule has 0 amide bonds. The number of ether oxygens (including phenoxy) is 9. The van der Waals surface area contributed by atoms with Crippen LogP contribution in [0.2, 0.25) is 0 Å². The molecule has 4 aromatic rings. The van der Waals surface area contributed by atoms with E-state index in [4.69, 9.17) is 47.0 Å². The molecule has 8 rings (SSSR count). The van der Waals surface area contributed by atoms with Crippen molar-refractivity contribution in [3.8, 4) is 40.1 Å². The summed E-state index contributed by atoms with van der Waals surface area (Å²) < 4.78 is 58.4. The minimum absolute atomic E-state index is 0.00746. The molecule has 410 valence electrons. The van der Waals surface area contributed by atoms with E-state index in [0.717, 1.165) is 18.2 Å². The predicted octanol–water partition coefficient (Wildman–Crippen LogP) is -4.13. The molecule has 4 fully saturated rings. The Morgan fingerprint density at radius 2 is 1.09 bits per heavy atom. The lowest BCUT2D eigenvalue weighted by atomic mass is 9.96. The van der Waals surface area contributed by atoms with Crippen molar-refractivity contribution in [2.75, 3.05) is 19.8 Å². The fourth-order valence-electron chi connectivity index (χ4n) is 8.74. The van der Waals surface area contributed by atoms with Gasteiger partial charge in [-0.1, -0.05) is 12.1 Å². The summed E-state index contributed by atoms with van der Waals surface area (Å²) in [6, 6.07) is 12.4. The Bertz CT molecular complexity index is 2660. The normalized spacial score (nSPS) is 36.3. The van der Waals surface area contributed by atoms with Gasteiger partial charge in [-0.05, 0) is 55.0 Å². The number of esters is 1. The largest absolute Gasteiger partial charge is 0.508 e. The van der Waals surface area contributed by atoms with E-state index in [2.05, 4.69) is 0 Å². The van der Waals surface area contributed by atoms with Crippen LogP contribution in [0, 0.1) is 0 Å². The fourth-order valence-corrected chi connectivity index (χ4v) is 8.74. The zero-order chi connectivity index (χ0) is 54.2. The smallest absolute Gasteiger partial charge is 0.331 e. The number of carbonyl (C=O) groups is 1. The number of carbonyl (C=O) groups excluding carboxylic acids is 1. The second-order valence-corrected chi connectivity index (χ2v) is 18.0. The highest BCUT2D eigenvalue weighted by Gasteiger charge is 2.54. The van der Waals surface area contributed by atoms with Crippen LogP contribution in [0.5, 0.6) is 28.7 Å². The first-order valence-corrected chi connectivity index (χ1v) is 23.3. The SMILES string of the molecule is CC1OC(OC2C(Oc3c(-c4ccc(O)cc4)oc4cc(OC5OC(CO)C(O)C(OC6OC(CO)C(O)C(O)C6O)C5OC(=O)/C=C/c5ccc(O)cc5)cc(O)c4c3=O)OC(CO)C(O)C2O)C(O)C(O)C1O. The minimum Gasteiger partial charge on any atom is -0.508 e. The summed E-state index contributed by atoms with van der Waals surface area (Å²) in [5.41, 5.74) is -1.21. The van der Waals surface area contributed by atoms with Gasteiger partial charge < -0.3 is 124 Å². The molecule has 27 heteroatoms. The minimum atomic E-state index is -2.05. The Morgan fingerprint density at radius 1 is 0.573 bits per heavy atom. The van der Waals surface area contributed by atoms with E-state index in [-0.39, 0.29) is 17.1 Å². The Hall–Kier alpha value is -5.64. The van der Waals surface area contributed by atoms with Gasteiger partial charge in [0.05, 0.1) is 25.9 Å². The summed E-state index contributed by atoms with van der Waals surface area (Å²) in [6.45, 7) is -1.42. The van der Waals surface area contributed by atoms with Gasteiger partial charge in [0.15, 0.2) is 30.5 Å². The number of hydrogen-bond acceptors (Lipinski definition) is 27. The third-order valence-electron chi connectivity index (χ3n) is 12.9. The second-order valence-electron chi connectivity index (χ2n) is 18.0. The summed E-state index contributed by atoms with van der Waals surface area (Å²) >= 11 is 0. The first-order chi connectivity index (χ1) is 35.7. The number of fused-ring (bicyclic) bond motifs is 1. The van der Waals surface area contributed by atoms with Crippen LogP contribution in [0.4, 0.5) is 0 Å². The molecule has 0 spiro atoms. The number of aliphatic hydroxyl groups excluding tert-OH is 12. The quantitative estimate of drug-likeness (QED) is 0.0397. The Labute approximate surface area is 422 Å². The maximum absolute atomic E-state index is 14.7. The molecule has 75 heavy (non-hydrogen) atoms. The lowest BCUT2D eigenvalue weighted by Crippen LogP contribution is -2.65. The standard InChI is InChI=1S/C48H56O27/c1-17-30(56)35(61)38(64)45(66-17)75-43-37(63)32(58)26(15-50)70-47(43)74-42-34(60)29-23(54)12-22(13-24(29)68-40(42)19-5-9-21(53)10-6-19)67-48-44(72-28(55)11-4-18-2-7-20(52)8-3-18)41(33(59)27(16-51)71-48)73-46-39(65)36(62)31(57)25(14-49)69-46/h2-13,17,25-27,30-33,35-39,41,43-54,56-59,61-65H,14-16H2,1H3/b11-4+. The van der Waals surface area contributed by atoms with Crippen molar-refractivity contribution in [2.45, 2.75) is 130 Å². The molecule has 27 nitrogen and oxygen atoms in total. The number of benzene rings is 3. The van der Waals surface area contributed by atoms with Crippen LogP contribution in [0.3, 0.4) is 0 Å². The van der Waals surface area contributed by atoms with Gasteiger partial charge in [-0.15, -0.1) is 0 Å². The summed E-state index contributed by atoms with van der Waals surface area (Å²) in [5.74, 6) is -4.02. The van der Waals surface area contributed by atoms with Gasteiger partial charge in [0.25, 0.3) is 0 Å².